The molecule has 366 valence electrons. The van der Waals surface area contributed by atoms with Crippen molar-refractivity contribution in [3.8, 4) is 22.3 Å². The van der Waals surface area contributed by atoms with E-state index in [2.05, 4.69) is 291 Å². The Morgan fingerprint density at radius 3 is 1.43 bits per heavy atom. The summed E-state index contributed by atoms with van der Waals surface area (Å²) in [6, 6.07) is 75.8. The van der Waals surface area contributed by atoms with E-state index in [4.69, 9.17) is 0 Å². The van der Waals surface area contributed by atoms with Gasteiger partial charge in [0, 0.05) is 45.4 Å². The molecule has 0 fully saturated rings. The molecule has 9 aromatic carbocycles. The van der Waals surface area contributed by atoms with E-state index < -0.39 is 0 Å². The zero-order valence-corrected chi connectivity index (χ0v) is 45.2. The molecule has 0 spiro atoms. The highest BCUT2D eigenvalue weighted by Crippen LogP contribution is 2.55. The predicted octanol–water partition coefficient (Wildman–Crippen LogP) is 17.4. The van der Waals surface area contributed by atoms with Gasteiger partial charge in [-0.05, 0) is 169 Å². The minimum absolute atomic E-state index is 0.00448. The average molecular weight is 962 g/mol. The molecule has 0 saturated heterocycles. The van der Waals surface area contributed by atoms with Gasteiger partial charge in [-0.1, -0.05) is 197 Å². The lowest BCUT2D eigenvalue weighted by molar-refractivity contribution is 0.403. The number of nitrogens with zero attached hydrogens (tertiary/aromatic N) is 3. The van der Waals surface area contributed by atoms with E-state index in [1.807, 2.05) is 0 Å². The van der Waals surface area contributed by atoms with E-state index in [1.165, 1.54) is 101 Å². The summed E-state index contributed by atoms with van der Waals surface area (Å²) in [5, 5.41) is 0. The van der Waals surface area contributed by atoms with Crippen molar-refractivity contribution in [3.05, 3.63) is 228 Å². The van der Waals surface area contributed by atoms with Crippen LogP contribution in [0, 0.1) is 6.92 Å². The van der Waals surface area contributed by atoms with Gasteiger partial charge in [-0.25, -0.2) is 0 Å². The van der Waals surface area contributed by atoms with Crippen LogP contribution in [-0.4, -0.2) is 6.71 Å². The van der Waals surface area contributed by atoms with E-state index in [0.29, 0.717) is 0 Å². The molecule has 2 aliphatic heterocycles. The van der Waals surface area contributed by atoms with Gasteiger partial charge in [0.25, 0.3) is 6.71 Å². The van der Waals surface area contributed by atoms with Gasteiger partial charge in [0.05, 0.1) is 11.4 Å². The number of benzene rings is 9. The molecule has 0 unspecified atom stereocenters. The number of hydrogen-bond acceptors (Lipinski definition) is 3. The lowest BCUT2D eigenvalue weighted by Crippen LogP contribution is -2.62. The Morgan fingerprint density at radius 1 is 0.405 bits per heavy atom. The molecule has 2 heterocycles. The first-order valence-electron chi connectivity index (χ1n) is 26.8. The first kappa shape index (κ1) is 47.4. The first-order valence-corrected chi connectivity index (χ1v) is 26.8. The average Bonchev–Trinajstić information content (AvgIpc) is 3.62. The fourth-order valence-electron chi connectivity index (χ4n) is 12.9. The molecule has 0 amide bonds. The predicted molar refractivity (Wildman–Crippen MR) is 319 cm³/mol. The summed E-state index contributed by atoms with van der Waals surface area (Å²) in [6.45, 7) is 26.2. The van der Waals surface area contributed by atoms with Gasteiger partial charge in [0.15, 0.2) is 0 Å². The molecule has 4 heteroatoms. The van der Waals surface area contributed by atoms with Gasteiger partial charge < -0.3 is 14.7 Å². The quantitative estimate of drug-likeness (QED) is 0.147. The molecule has 3 aliphatic rings. The van der Waals surface area contributed by atoms with Gasteiger partial charge in [-0.2, -0.15) is 0 Å². The van der Waals surface area contributed by atoms with Crippen molar-refractivity contribution < 1.29 is 0 Å². The molecule has 0 radical (unpaired) electrons. The number of rotatable bonds is 7. The maximum atomic E-state index is 2.68. The maximum absolute atomic E-state index is 2.68. The second kappa shape index (κ2) is 17.3. The van der Waals surface area contributed by atoms with Crippen molar-refractivity contribution in [1.82, 2.24) is 0 Å². The molecule has 12 rings (SSSR count). The molecule has 74 heavy (non-hydrogen) atoms. The molecule has 3 nitrogen and oxygen atoms in total. The summed E-state index contributed by atoms with van der Waals surface area (Å²) >= 11 is 0. The third-order valence-corrected chi connectivity index (χ3v) is 16.4. The highest BCUT2D eigenvalue weighted by Gasteiger charge is 2.49. The van der Waals surface area contributed by atoms with E-state index in [-0.39, 0.29) is 28.4 Å². The minimum atomic E-state index is -0.0706. The molecule has 1 aliphatic carbocycles. The van der Waals surface area contributed by atoms with Crippen molar-refractivity contribution in [2.75, 3.05) is 14.7 Å². The van der Waals surface area contributed by atoms with Crippen molar-refractivity contribution in [2.24, 2.45) is 0 Å². The van der Waals surface area contributed by atoms with Crippen LogP contribution in [0.15, 0.2) is 200 Å². The summed E-state index contributed by atoms with van der Waals surface area (Å²) in [6.07, 6.45) is 1.08. The maximum Gasteiger partial charge on any atom is 0.252 e. The lowest BCUT2D eigenvalue weighted by Gasteiger charge is -2.46. The monoisotopic (exact) mass is 962 g/mol. The SMILES string of the molecule is Cc1cc(-c2ccccc2)ccc1N1c2ccc(C(C)(C)C)cc2B2c3cc4c(cc3N(c3ccc(C(C)(C)C)cc3-c3ccccc3)c3cc(N(c5ccccc5)c5ccccc5)cc1c32)C(C)(C)CC4(C)C. The van der Waals surface area contributed by atoms with Crippen LogP contribution >= 0.6 is 0 Å². The highest BCUT2D eigenvalue weighted by atomic mass is 15.2. The van der Waals surface area contributed by atoms with Crippen LogP contribution in [0.4, 0.5) is 51.2 Å². The van der Waals surface area contributed by atoms with Crippen LogP contribution in [-0.2, 0) is 21.7 Å². The number of aryl methyl sites for hydroxylation is 1. The molecular formula is C70H68BN3. The minimum Gasteiger partial charge on any atom is -0.311 e. The summed E-state index contributed by atoms with van der Waals surface area (Å²) < 4.78 is 0. The molecule has 0 saturated carbocycles. The van der Waals surface area contributed by atoms with Crippen LogP contribution in [0.25, 0.3) is 22.3 Å². The molecular weight excluding hydrogens is 894 g/mol. The molecule has 0 bridgehead atoms. The Labute approximate surface area is 441 Å². The molecule has 0 atom stereocenters. The van der Waals surface area contributed by atoms with Gasteiger partial charge in [0.1, 0.15) is 0 Å². The molecule has 0 aromatic heterocycles. The normalized spacial score (nSPS) is 15.0. The Morgan fingerprint density at radius 2 is 0.878 bits per heavy atom. The third-order valence-electron chi connectivity index (χ3n) is 16.4. The van der Waals surface area contributed by atoms with Crippen molar-refractivity contribution in [2.45, 2.75) is 104 Å². The highest BCUT2D eigenvalue weighted by molar-refractivity contribution is 7.00. The topological polar surface area (TPSA) is 9.72 Å². The van der Waals surface area contributed by atoms with Crippen molar-refractivity contribution in [1.29, 1.82) is 0 Å². The standard InChI is InChI=1S/C70H68BN3/c1-46-38-49(47-24-16-12-17-25-47)32-35-60(46)73-62-37-34-51(68(5,6)7)40-58(62)71-59-43-56-57(70(10,11)45-69(56,8)9)44-63(59)74(61-36-33-50(67(2,3)4)39-55(61)48-26-18-13-19-27-48)65-42-54(41-64(73)66(65)71)72(52-28-20-14-21-29-52)53-30-22-15-23-31-53/h12-44H,45H2,1-11H3. The number of hydrogen-bond donors (Lipinski definition) is 0. The Balaban J connectivity index is 1.25. The molecule has 9 aromatic rings. The zero-order valence-electron chi connectivity index (χ0n) is 45.2. The Kier molecular flexibility index (Phi) is 11.1. The fourth-order valence-corrected chi connectivity index (χ4v) is 12.9. The van der Waals surface area contributed by atoms with Crippen LogP contribution in [0.2, 0.25) is 0 Å². The van der Waals surface area contributed by atoms with E-state index in [0.717, 1.165) is 23.5 Å². The van der Waals surface area contributed by atoms with E-state index >= 15 is 0 Å². The van der Waals surface area contributed by atoms with E-state index in [9.17, 15) is 0 Å². The van der Waals surface area contributed by atoms with Crippen molar-refractivity contribution in [3.63, 3.8) is 0 Å². The zero-order chi connectivity index (χ0) is 51.5. The Bertz CT molecular complexity index is 3580. The lowest BCUT2D eigenvalue weighted by atomic mass is 9.33. The number of fused-ring (bicyclic) bond motifs is 5. The third kappa shape index (κ3) is 7.88. The van der Waals surface area contributed by atoms with E-state index in [1.54, 1.807) is 0 Å². The van der Waals surface area contributed by atoms with Gasteiger partial charge in [0.2, 0.25) is 0 Å². The van der Waals surface area contributed by atoms with Gasteiger partial charge in [-0.3, -0.25) is 0 Å². The first-order chi connectivity index (χ1) is 35.4. The number of anilines is 9. The second-order valence-corrected chi connectivity index (χ2v) is 24.6. The van der Waals surface area contributed by atoms with Crippen LogP contribution in [0.3, 0.4) is 0 Å². The Hall–Kier alpha value is -7.56. The second-order valence-electron chi connectivity index (χ2n) is 24.6. The van der Waals surface area contributed by atoms with Crippen molar-refractivity contribution >= 4 is 74.3 Å². The largest absolute Gasteiger partial charge is 0.311 e. The smallest absolute Gasteiger partial charge is 0.252 e. The van der Waals surface area contributed by atoms with Crippen LogP contribution in [0.1, 0.15) is 103 Å². The van der Waals surface area contributed by atoms with Gasteiger partial charge >= 0.3 is 0 Å². The van der Waals surface area contributed by atoms with Crippen LogP contribution in [0.5, 0.6) is 0 Å². The summed E-state index contributed by atoms with van der Waals surface area (Å²) in [7, 11) is 0. The summed E-state index contributed by atoms with van der Waals surface area (Å²) in [5.74, 6) is 0. The molecule has 0 N–H and O–H groups in total. The summed E-state index contributed by atoms with van der Waals surface area (Å²) in [5.41, 5.74) is 26.0. The fraction of sp³-hybridized carbons (Fsp3) is 0.229. The van der Waals surface area contributed by atoms with Gasteiger partial charge in [-0.15, -0.1) is 0 Å². The summed E-state index contributed by atoms with van der Waals surface area (Å²) in [4.78, 5) is 7.75. The number of para-hydroxylation sites is 2. The van der Waals surface area contributed by atoms with Crippen LogP contribution < -0.4 is 31.1 Å².